The number of hydrogen-bond acceptors (Lipinski definition) is 6. The van der Waals surface area contributed by atoms with Crippen molar-refractivity contribution in [2.24, 2.45) is 0 Å². The average Bonchev–Trinajstić information content (AvgIpc) is 3.33. The van der Waals surface area contributed by atoms with Crippen molar-refractivity contribution in [1.82, 2.24) is 14.9 Å². The first-order valence-corrected chi connectivity index (χ1v) is 10.3. The highest BCUT2D eigenvalue weighted by atomic mass is 32.1. The maximum atomic E-state index is 12.7. The molecule has 0 bridgehead atoms. The topological polar surface area (TPSA) is 90.3 Å². The molecule has 7 nitrogen and oxygen atoms in total. The molecule has 0 aliphatic heterocycles. The summed E-state index contributed by atoms with van der Waals surface area (Å²) in [5.74, 6) is -1.09. The second-order valence-corrected chi connectivity index (χ2v) is 7.76. The molecular formula is C22H23N3O4S. The molecule has 1 N–H and O–H groups in total. The number of benzene rings is 1. The van der Waals surface area contributed by atoms with Crippen molar-refractivity contribution in [3.8, 4) is 5.13 Å². The van der Waals surface area contributed by atoms with Crippen LogP contribution in [0.1, 0.15) is 46.7 Å². The molecule has 0 aliphatic carbocycles. The van der Waals surface area contributed by atoms with Gasteiger partial charge in [-0.1, -0.05) is 30.3 Å². The number of nitrogens with one attached hydrogen (secondary N) is 1. The highest BCUT2D eigenvalue weighted by Gasteiger charge is 2.21. The van der Waals surface area contributed by atoms with Crippen LogP contribution in [0.5, 0.6) is 0 Å². The molecule has 30 heavy (non-hydrogen) atoms. The molecule has 0 saturated heterocycles. The lowest BCUT2D eigenvalue weighted by molar-refractivity contribution is -0.143. The molecule has 2 heterocycles. The van der Waals surface area contributed by atoms with Gasteiger partial charge in [0.15, 0.2) is 11.7 Å². The third kappa shape index (κ3) is 5.01. The summed E-state index contributed by atoms with van der Waals surface area (Å²) in [6.45, 7) is 4.77. The number of aromatic nitrogens is 2. The van der Waals surface area contributed by atoms with Crippen LogP contribution in [0.3, 0.4) is 0 Å². The molecule has 156 valence electrons. The zero-order valence-corrected chi connectivity index (χ0v) is 17.9. The second-order valence-electron chi connectivity index (χ2n) is 6.89. The van der Waals surface area contributed by atoms with Gasteiger partial charge in [0.2, 0.25) is 11.7 Å². The largest absolute Gasteiger partial charge is 0.457 e. The Labute approximate surface area is 178 Å². The molecule has 8 heteroatoms. The maximum Gasteiger partial charge on any atom is 0.308 e. The lowest BCUT2D eigenvalue weighted by Gasteiger charge is -2.17. The van der Waals surface area contributed by atoms with Crippen molar-refractivity contribution in [1.29, 1.82) is 0 Å². The Balaban J connectivity index is 1.65. The molecule has 1 amide bonds. The van der Waals surface area contributed by atoms with E-state index in [2.05, 4.69) is 10.3 Å². The summed E-state index contributed by atoms with van der Waals surface area (Å²) in [6.07, 6.45) is 1.65. The molecule has 1 atom stereocenters. The molecule has 2 aromatic heterocycles. The van der Waals surface area contributed by atoms with E-state index in [1.54, 1.807) is 12.3 Å². The van der Waals surface area contributed by atoms with Crippen molar-refractivity contribution >= 4 is 29.0 Å². The van der Waals surface area contributed by atoms with E-state index in [4.69, 9.17) is 4.74 Å². The van der Waals surface area contributed by atoms with E-state index in [0.717, 1.165) is 22.1 Å². The Hall–Kier alpha value is -3.26. The summed E-state index contributed by atoms with van der Waals surface area (Å²) in [7, 11) is 0. The first-order chi connectivity index (χ1) is 14.4. The number of thiazole rings is 1. The molecule has 3 aromatic rings. The van der Waals surface area contributed by atoms with Crippen LogP contribution in [0.15, 0.2) is 48.0 Å². The molecule has 1 aromatic carbocycles. The van der Waals surface area contributed by atoms with Gasteiger partial charge in [-0.3, -0.25) is 19.0 Å². The summed E-state index contributed by atoms with van der Waals surface area (Å²) in [4.78, 5) is 40.8. The van der Waals surface area contributed by atoms with Crippen LogP contribution < -0.4 is 5.32 Å². The van der Waals surface area contributed by atoms with Gasteiger partial charge in [-0.25, -0.2) is 4.98 Å². The fraction of sp³-hybridized carbons (Fsp3) is 0.273. The highest BCUT2D eigenvalue weighted by Crippen LogP contribution is 2.23. The van der Waals surface area contributed by atoms with E-state index in [1.165, 1.54) is 18.3 Å². The van der Waals surface area contributed by atoms with E-state index < -0.39 is 12.0 Å². The van der Waals surface area contributed by atoms with Crippen LogP contribution in [0.25, 0.3) is 5.13 Å². The zero-order chi connectivity index (χ0) is 21.7. The molecule has 0 radical (unpaired) electrons. The number of carbonyl (C=O) groups excluding carboxylic acids is 3. The van der Waals surface area contributed by atoms with Gasteiger partial charge in [-0.15, -0.1) is 11.3 Å². The molecule has 0 aliphatic rings. The summed E-state index contributed by atoms with van der Waals surface area (Å²) in [6, 6.07) is 10.4. The van der Waals surface area contributed by atoms with Crippen LogP contribution >= 0.6 is 11.3 Å². The fourth-order valence-electron chi connectivity index (χ4n) is 3.30. The normalized spacial score (nSPS) is 11.7. The highest BCUT2D eigenvalue weighted by molar-refractivity contribution is 7.12. The quantitative estimate of drug-likeness (QED) is 0.440. The van der Waals surface area contributed by atoms with Crippen molar-refractivity contribution in [2.45, 2.75) is 33.2 Å². The fourth-order valence-corrected chi connectivity index (χ4v) is 4.05. The first kappa shape index (κ1) is 21.4. The van der Waals surface area contributed by atoms with Crippen molar-refractivity contribution in [2.75, 3.05) is 6.61 Å². The lowest BCUT2D eigenvalue weighted by atomic mass is 10.0. The van der Waals surface area contributed by atoms with Crippen LogP contribution in [-0.2, 0) is 14.3 Å². The SMILES string of the molecule is CC(=O)NC(CC(=O)OCC(=O)c1cc(C)n(-c2nccs2)c1C)c1ccccc1. The smallest absolute Gasteiger partial charge is 0.308 e. The molecular weight excluding hydrogens is 402 g/mol. The predicted octanol–water partition coefficient (Wildman–Crippen LogP) is 3.54. The number of esters is 1. The van der Waals surface area contributed by atoms with Crippen molar-refractivity contribution in [3.63, 3.8) is 0 Å². The van der Waals surface area contributed by atoms with Crippen molar-refractivity contribution < 1.29 is 19.1 Å². The molecule has 0 spiro atoms. The van der Waals surface area contributed by atoms with Gasteiger partial charge < -0.3 is 10.1 Å². The average molecular weight is 426 g/mol. The number of hydrogen-bond donors (Lipinski definition) is 1. The van der Waals surface area contributed by atoms with E-state index >= 15 is 0 Å². The predicted molar refractivity (Wildman–Crippen MR) is 114 cm³/mol. The van der Waals surface area contributed by atoms with Crippen LogP contribution in [0.4, 0.5) is 0 Å². The minimum Gasteiger partial charge on any atom is -0.457 e. The number of ketones is 1. The number of aryl methyl sites for hydroxylation is 1. The molecule has 0 fully saturated rings. The second kappa shape index (κ2) is 9.49. The van der Waals surface area contributed by atoms with E-state index in [9.17, 15) is 14.4 Å². The number of amides is 1. The first-order valence-electron chi connectivity index (χ1n) is 9.46. The Kier molecular flexibility index (Phi) is 6.79. The van der Waals surface area contributed by atoms with Gasteiger partial charge in [0.25, 0.3) is 0 Å². The van der Waals surface area contributed by atoms with E-state index in [0.29, 0.717) is 5.56 Å². The van der Waals surface area contributed by atoms with E-state index in [-0.39, 0.29) is 24.7 Å². The third-order valence-electron chi connectivity index (χ3n) is 4.66. The number of ether oxygens (including phenoxy) is 1. The standard InChI is InChI=1S/C22H23N3O4S/c1-14-11-18(15(2)25(14)22-23-9-10-30-22)20(27)13-29-21(28)12-19(24-16(3)26)17-7-5-4-6-8-17/h4-11,19H,12-13H2,1-3H3,(H,24,26). The maximum absolute atomic E-state index is 12.7. The van der Waals surface area contributed by atoms with Crippen LogP contribution in [0.2, 0.25) is 0 Å². The molecule has 0 saturated carbocycles. The van der Waals surface area contributed by atoms with Crippen molar-refractivity contribution in [3.05, 3.63) is 70.5 Å². The number of rotatable bonds is 8. The number of carbonyl (C=O) groups is 3. The number of nitrogens with zero attached hydrogens (tertiary/aromatic N) is 2. The lowest BCUT2D eigenvalue weighted by Crippen LogP contribution is -2.29. The Morgan fingerprint density at radius 3 is 2.57 bits per heavy atom. The zero-order valence-electron chi connectivity index (χ0n) is 17.0. The third-order valence-corrected chi connectivity index (χ3v) is 5.41. The minimum atomic E-state index is -0.556. The minimum absolute atomic E-state index is 0.0605. The Morgan fingerprint density at radius 1 is 1.20 bits per heavy atom. The van der Waals surface area contributed by atoms with Gasteiger partial charge in [0.05, 0.1) is 12.5 Å². The summed E-state index contributed by atoms with van der Waals surface area (Å²) in [5, 5.41) is 5.40. The van der Waals surface area contributed by atoms with Gasteiger partial charge in [0, 0.05) is 35.5 Å². The van der Waals surface area contributed by atoms with Gasteiger partial charge in [-0.2, -0.15) is 0 Å². The summed E-state index contributed by atoms with van der Waals surface area (Å²) >= 11 is 1.48. The number of Topliss-reactive ketones (excluding diaryl/α,β-unsaturated/α-hetero) is 1. The van der Waals surface area contributed by atoms with Gasteiger partial charge >= 0.3 is 5.97 Å². The Morgan fingerprint density at radius 2 is 1.93 bits per heavy atom. The Bertz CT molecular complexity index is 1040. The summed E-state index contributed by atoms with van der Waals surface area (Å²) < 4.78 is 7.13. The van der Waals surface area contributed by atoms with Crippen LogP contribution in [0, 0.1) is 13.8 Å². The summed E-state index contributed by atoms with van der Waals surface area (Å²) in [5.41, 5.74) is 2.93. The van der Waals surface area contributed by atoms with Gasteiger partial charge in [-0.05, 0) is 25.5 Å². The molecule has 3 rings (SSSR count). The van der Waals surface area contributed by atoms with Crippen LogP contribution in [-0.4, -0.2) is 33.8 Å². The van der Waals surface area contributed by atoms with E-state index in [1.807, 2.05) is 54.1 Å². The molecule has 1 unspecified atom stereocenters. The monoisotopic (exact) mass is 425 g/mol. The van der Waals surface area contributed by atoms with Gasteiger partial charge in [0.1, 0.15) is 0 Å².